The molecule has 0 amide bonds. The fourth-order valence-electron chi connectivity index (χ4n) is 2.54. The second-order valence-electron chi connectivity index (χ2n) is 5.21. The molecular weight excluding hydrogens is 270 g/mol. The van der Waals surface area contributed by atoms with Gasteiger partial charge >= 0.3 is 0 Å². The minimum Gasteiger partial charge on any atom is -0.328 e. The molecule has 0 bridgehead atoms. The highest BCUT2D eigenvalue weighted by Crippen LogP contribution is 2.22. The van der Waals surface area contributed by atoms with Gasteiger partial charge in [-0.3, -0.25) is 4.90 Å². The van der Waals surface area contributed by atoms with Crippen molar-refractivity contribution in [3.63, 3.8) is 0 Å². The van der Waals surface area contributed by atoms with Gasteiger partial charge in [0.05, 0.1) is 0 Å². The topological polar surface area (TPSA) is 29.3 Å². The Morgan fingerprint density at radius 3 is 2.53 bits per heavy atom. The third-order valence-electron chi connectivity index (χ3n) is 3.78. The number of nitrogens with two attached hydrogens (primary N) is 1. The fourth-order valence-corrected chi connectivity index (χ4v) is 2.54. The smallest absolute Gasteiger partial charge is 0.127 e. The number of nitrogens with zero attached hydrogens (tertiary/aromatic N) is 1. The first-order valence-corrected chi connectivity index (χ1v) is 6.48. The molecule has 1 aromatic carbocycles. The summed E-state index contributed by atoms with van der Waals surface area (Å²) in [5.74, 6) is -0.152. The number of piperidine rings is 1. The molecule has 0 spiro atoms. The molecule has 19 heavy (non-hydrogen) atoms. The lowest BCUT2D eigenvalue weighted by Crippen LogP contribution is -2.39. The molecule has 1 unspecified atom stereocenters. The molecule has 2 rings (SSSR count). The highest BCUT2D eigenvalue weighted by Gasteiger charge is 2.22. The van der Waals surface area contributed by atoms with E-state index in [9.17, 15) is 8.78 Å². The summed E-state index contributed by atoms with van der Waals surface area (Å²) in [6.07, 6.45) is 2.07. The number of rotatable bonds is 3. The lowest BCUT2D eigenvalue weighted by atomic mass is 9.91. The summed E-state index contributed by atoms with van der Waals surface area (Å²) in [7, 11) is 0. The summed E-state index contributed by atoms with van der Waals surface area (Å²) in [6.45, 7) is 4.33. The fraction of sp³-hybridized carbons (Fsp3) is 0.571. The zero-order valence-corrected chi connectivity index (χ0v) is 11.9. The number of hydrogen-bond donors (Lipinski definition) is 1. The molecule has 1 saturated heterocycles. The zero-order chi connectivity index (χ0) is 13.1. The Bertz CT molecular complexity index is 404. The van der Waals surface area contributed by atoms with Crippen LogP contribution in [0.3, 0.4) is 0 Å². The van der Waals surface area contributed by atoms with Crippen LogP contribution in [0.2, 0.25) is 0 Å². The van der Waals surface area contributed by atoms with E-state index in [4.69, 9.17) is 5.73 Å². The normalized spacial score (nSPS) is 18.9. The third kappa shape index (κ3) is 4.41. The van der Waals surface area contributed by atoms with Gasteiger partial charge in [-0.2, -0.15) is 0 Å². The Hall–Kier alpha value is -0.710. The lowest BCUT2D eigenvalue weighted by molar-refractivity contribution is 0.164. The minimum atomic E-state index is -0.378. The Labute approximate surface area is 119 Å². The van der Waals surface area contributed by atoms with Crippen molar-refractivity contribution in [2.45, 2.75) is 32.4 Å². The van der Waals surface area contributed by atoms with E-state index in [1.54, 1.807) is 0 Å². The van der Waals surface area contributed by atoms with Crippen molar-refractivity contribution in [3.8, 4) is 0 Å². The van der Waals surface area contributed by atoms with Gasteiger partial charge in [0.1, 0.15) is 11.6 Å². The Balaban J connectivity index is 0.00000180. The average molecular weight is 291 g/mol. The Kier molecular flexibility index (Phi) is 6.17. The van der Waals surface area contributed by atoms with Gasteiger partial charge in [0.2, 0.25) is 0 Å². The molecule has 0 aliphatic carbocycles. The van der Waals surface area contributed by atoms with Gasteiger partial charge < -0.3 is 5.73 Å². The molecule has 0 saturated carbocycles. The molecular formula is C14H21ClF2N2. The molecule has 5 heteroatoms. The van der Waals surface area contributed by atoms with Gasteiger partial charge in [-0.15, -0.1) is 12.4 Å². The maximum absolute atomic E-state index is 13.5. The minimum absolute atomic E-state index is 0. The predicted molar refractivity (Wildman–Crippen MR) is 75.3 cm³/mol. The molecule has 1 aliphatic heterocycles. The summed E-state index contributed by atoms with van der Waals surface area (Å²) in [5, 5.41) is 0. The van der Waals surface area contributed by atoms with Crippen molar-refractivity contribution < 1.29 is 8.78 Å². The van der Waals surface area contributed by atoms with Crippen LogP contribution < -0.4 is 5.73 Å². The standard InChI is InChI=1S/C14H20F2N2.ClH/c1-10(17)11-4-6-18(7-5-11)9-12-8-13(15)2-3-14(12)16;/h2-3,8,10-11H,4-7,9,17H2,1H3;1H. The van der Waals surface area contributed by atoms with Crippen molar-refractivity contribution in [1.29, 1.82) is 0 Å². The average Bonchev–Trinajstić information content (AvgIpc) is 2.34. The SMILES string of the molecule is CC(N)C1CCN(Cc2cc(F)ccc2F)CC1.Cl. The van der Waals surface area contributed by atoms with Crippen LogP contribution in [-0.4, -0.2) is 24.0 Å². The number of benzene rings is 1. The van der Waals surface area contributed by atoms with Crippen molar-refractivity contribution in [3.05, 3.63) is 35.4 Å². The van der Waals surface area contributed by atoms with Crippen LogP contribution >= 0.6 is 12.4 Å². The van der Waals surface area contributed by atoms with E-state index in [1.807, 2.05) is 6.92 Å². The third-order valence-corrected chi connectivity index (χ3v) is 3.78. The maximum Gasteiger partial charge on any atom is 0.127 e. The molecule has 0 radical (unpaired) electrons. The zero-order valence-electron chi connectivity index (χ0n) is 11.1. The molecule has 2 N–H and O–H groups in total. The summed E-state index contributed by atoms with van der Waals surface area (Å²) in [4.78, 5) is 2.16. The summed E-state index contributed by atoms with van der Waals surface area (Å²) in [5.41, 5.74) is 6.32. The van der Waals surface area contributed by atoms with Crippen LogP contribution in [0.4, 0.5) is 8.78 Å². The van der Waals surface area contributed by atoms with E-state index in [0.717, 1.165) is 32.0 Å². The van der Waals surface area contributed by atoms with E-state index in [2.05, 4.69) is 4.90 Å². The number of halogens is 3. The van der Waals surface area contributed by atoms with E-state index in [1.165, 1.54) is 12.1 Å². The summed E-state index contributed by atoms with van der Waals surface area (Å²) in [6, 6.07) is 3.85. The molecule has 1 atom stereocenters. The van der Waals surface area contributed by atoms with Gasteiger partial charge in [-0.05, 0) is 57.0 Å². The molecule has 1 heterocycles. The van der Waals surface area contributed by atoms with Gasteiger partial charge in [0.25, 0.3) is 0 Å². The molecule has 1 fully saturated rings. The first-order valence-electron chi connectivity index (χ1n) is 6.48. The molecule has 0 aromatic heterocycles. The highest BCUT2D eigenvalue weighted by atomic mass is 35.5. The molecule has 1 aliphatic rings. The summed E-state index contributed by atoms with van der Waals surface area (Å²) >= 11 is 0. The van der Waals surface area contributed by atoms with E-state index in [-0.39, 0.29) is 30.1 Å². The number of likely N-dealkylation sites (tertiary alicyclic amines) is 1. The monoisotopic (exact) mass is 290 g/mol. The van der Waals surface area contributed by atoms with Crippen molar-refractivity contribution >= 4 is 12.4 Å². The molecule has 108 valence electrons. The predicted octanol–water partition coefficient (Wildman–Crippen LogP) is 2.95. The number of hydrogen-bond acceptors (Lipinski definition) is 2. The summed E-state index contributed by atoms with van der Waals surface area (Å²) < 4.78 is 26.6. The van der Waals surface area contributed by atoms with Gasteiger partial charge in [0, 0.05) is 18.2 Å². The van der Waals surface area contributed by atoms with E-state index < -0.39 is 0 Å². The van der Waals surface area contributed by atoms with Crippen LogP contribution in [0.1, 0.15) is 25.3 Å². The van der Waals surface area contributed by atoms with Gasteiger partial charge in [-0.1, -0.05) is 0 Å². The van der Waals surface area contributed by atoms with Crippen LogP contribution in [0, 0.1) is 17.6 Å². The van der Waals surface area contributed by atoms with E-state index in [0.29, 0.717) is 18.0 Å². The van der Waals surface area contributed by atoms with E-state index >= 15 is 0 Å². The largest absolute Gasteiger partial charge is 0.328 e. The van der Waals surface area contributed by atoms with Crippen molar-refractivity contribution in [1.82, 2.24) is 4.90 Å². The first-order chi connectivity index (χ1) is 8.56. The van der Waals surface area contributed by atoms with Crippen LogP contribution in [0.5, 0.6) is 0 Å². The van der Waals surface area contributed by atoms with Gasteiger partial charge in [-0.25, -0.2) is 8.78 Å². The Morgan fingerprint density at radius 2 is 1.95 bits per heavy atom. The Morgan fingerprint density at radius 1 is 1.32 bits per heavy atom. The van der Waals surface area contributed by atoms with Crippen molar-refractivity contribution in [2.75, 3.05) is 13.1 Å². The lowest BCUT2D eigenvalue weighted by Gasteiger charge is -2.33. The second kappa shape index (κ2) is 7.17. The maximum atomic E-state index is 13.5. The first kappa shape index (κ1) is 16.3. The molecule has 2 nitrogen and oxygen atoms in total. The van der Waals surface area contributed by atoms with Crippen LogP contribution in [0.25, 0.3) is 0 Å². The van der Waals surface area contributed by atoms with Gasteiger partial charge in [0.15, 0.2) is 0 Å². The second-order valence-corrected chi connectivity index (χ2v) is 5.21. The highest BCUT2D eigenvalue weighted by molar-refractivity contribution is 5.85. The van der Waals surface area contributed by atoms with Crippen LogP contribution in [0.15, 0.2) is 18.2 Å². The molecule has 1 aromatic rings. The van der Waals surface area contributed by atoms with Crippen LogP contribution in [-0.2, 0) is 6.54 Å². The quantitative estimate of drug-likeness (QED) is 0.927. The van der Waals surface area contributed by atoms with Crippen molar-refractivity contribution in [2.24, 2.45) is 11.7 Å².